The minimum absolute atomic E-state index is 0.0400. The molecule has 10 heteroatoms. The van der Waals surface area contributed by atoms with Crippen LogP contribution < -0.4 is 5.32 Å². The van der Waals surface area contributed by atoms with Crippen LogP contribution in [-0.4, -0.2) is 68.2 Å². The number of amides is 2. The molecular weight excluding hydrogens is 452 g/mol. The maximum Gasteiger partial charge on any atom is 0.412 e. The molecule has 1 aliphatic heterocycles. The van der Waals surface area contributed by atoms with Gasteiger partial charge in [0.15, 0.2) is 5.69 Å². The van der Waals surface area contributed by atoms with Gasteiger partial charge < -0.3 is 19.8 Å². The molecule has 0 radical (unpaired) electrons. The Hall–Kier alpha value is -4.18. The summed E-state index contributed by atoms with van der Waals surface area (Å²) in [7, 11) is 1.55. The van der Waals surface area contributed by atoms with Crippen molar-refractivity contribution in [2.75, 3.05) is 18.5 Å². The minimum Gasteiger partial charge on any atom is -0.480 e. The fourth-order valence-corrected chi connectivity index (χ4v) is 4.85. The number of carbonyl (C=O) groups excluding carboxylic acids is 2. The van der Waals surface area contributed by atoms with Crippen molar-refractivity contribution in [3.63, 3.8) is 0 Å². The van der Waals surface area contributed by atoms with Gasteiger partial charge in [-0.05, 0) is 22.3 Å². The van der Waals surface area contributed by atoms with Crippen LogP contribution in [0.15, 0.2) is 54.6 Å². The minimum atomic E-state index is -1.19. The highest BCUT2D eigenvalue weighted by atomic mass is 16.5. The molecule has 0 bridgehead atoms. The first kappa shape index (κ1) is 22.6. The van der Waals surface area contributed by atoms with Gasteiger partial charge in [0, 0.05) is 32.0 Å². The number of hydrogen-bond acceptors (Lipinski definition) is 6. The number of nitrogens with one attached hydrogen (secondary N) is 1. The molecule has 3 aromatic rings. The summed E-state index contributed by atoms with van der Waals surface area (Å²) >= 11 is 0. The normalized spacial score (nSPS) is 18.7. The quantitative estimate of drug-likeness (QED) is 0.515. The van der Waals surface area contributed by atoms with Gasteiger partial charge >= 0.3 is 12.1 Å². The number of hydrogen-bond donors (Lipinski definition) is 3. The number of carboxylic acid groups (broad SMARTS) is 1. The third kappa shape index (κ3) is 4.12. The Morgan fingerprint density at radius 3 is 2.34 bits per heavy atom. The van der Waals surface area contributed by atoms with Crippen LogP contribution in [0.3, 0.4) is 0 Å². The number of aryl methyl sites for hydroxylation is 1. The molecule has 2 amide bonds. The summed E-state index contributed by atoms with van der Waals surface area (Å²) in [5.41, 5.74) is 4.39. The Morgan fingerprint density at radius 2 is 1.71 bits per heavy atom. The van der Waals surface area contributed by atoms with Gasteiger partial charge in [-0.15, -0.1) is 0 Å². The highest BCUT2D eigenvalue weighted by Crippen LogP contribution is 2.44. The van der Waals surface area contributed by atoms with Crippen molar-refractivity contribution < 1.29 is 29.3 Å². The summed E-state index contributed by atoms with van der Waals surface area (Å²) in [6.45, 7) is 0.0387. The van der Waals surface area contributed by atoms with E-state index in [0.29, 0.717) is 0 Å². The van der Waals surface area contributed by atoms with Gasteiger partial charge in [-0.3, -0.25) is 14.8 Å². The van der Waals surface area contributed by atoms with E-state index in [4.69, 9.17) is 4.74 Å². The second kappa shape index (κ2) is 8.88. The van der Waals surface area contributed by atoms with E-state index >= 15 is 0 Å². The number of anilines is 1. The number of benzene rings is 2. The molecule has 180 valence electrons. The number of aliphatic hydroxyl groups excluding tert-OH is 1. The number of fused-ring (bicyclic) bond motifs is 3. The smallest absolute Gasteiger partial charge is 0.412 e. The summed E-state index contributed by atoms with van der Waals surface area (Å²) in [6, 6.07) is 16.3. The molecule has 0 saturated carbocycles. The van der Waals surface area contributed by atoms with Crippen LogP contribution in [0.1, 0.15) is 34.0 Å². The van der Waals surface area contributed by atoms with E-state index in [1.807, 2.05) is 36.4 Å². The molecule has 1 saturated heterocycles. The summed E-state index contributed by atoms with van der Waals surface area (Å²) in [5, 5.41) is 25.9. The lowest BCUT2D eigenvalue weighted by molar-refractivity contribution is -0.141. The average molecular weight is 476 g/mol. The van der Waals surface area contributed by atoms with Gasteiger partial charge in [0.05, 0.1) is 6.10 Å². The Labute approximate surface area is 200 Å². The molecular formula is C25H24N4O6. The van der Waals surface area contributed by atoms with Crippen molar-refractivity contribution in [2.24, 2.45) is 7.05 Å². The summed E-state index contributed by atoms with van der Waals surface area (Å²) in [6.07, 6.45) is -1.66. The van der Waals surface area contributed by atoms with Crippen LogP contribution in [0, 0.1) is 0 Å². The highest BCUT2D eigenvalue weighted by molar-refractivity contribution is 5.97. The number of likely N-dealkylation sites (tertiary alicyclic amines) is 1. The molecule has 1 unspecified atom stereocenters. The van der Waals surface area contributed by atoms with E-state index in [1.54, 1.807) is 7.05 Å². The van der Waals surface area contributed by atoms with Gasteiger partial charge in [-0.2, -0.15) is 5.10 Å². The Balaban J connectivity index is 1.26. The van der Waals surface area contributed by atoms with Crippen molar-refractivity contribution in [1.82, 2.24) is 14.7 Å². The lowest BCUT2D eigenvalue weighted by atomic mass is 9.98. The standard InChI is InChI=1S/C25H24N4O6/c1-28-22(11-20(27-28)23(31)29-12-14(30)10-21(29)24(32)33)26-25(34)35-13-19-17-8-4-2-6-15(17)16-7-3-5-9-18(16)19/h2-9,11,14,19,21,30H,10,12-13H2,1H3,(H,26,34)(H,32,33)/t14?,21-/m0/s1. The molecule has 2 aliphatic rings. The van der Waals surface area contributed by atoms with E-state index < -0.39 is 30.1 Å². The second-order valence-corrected chi connectivity index (χ2v) is 8.69. The second-order valence-electron chi connectivity index (χ2n) is 8.69. The molecule has 1 aromatic heterocycles. The first-order valence-corrected chi connectivity index (χ1v) is 11.2. The van der Waals surface area contributed by atoms with Gasteiger partial charge in [0.25, 0.3) is 5.91 Å². The van der Waals surface area contributed by atoms with Crippen molar-refractivity contribution >= 4 is 23.8 Å². The highest BCUT2D eigenvalue weighted by Gasteiger charge is 2.40. The molecule has 5 rings (SSSR count). The molecule has 1 fully saturated rings. The average Bonchev–Trinajstić information content (AvgIpc) is 3.51. The largest absolute Gasteiger partial charge is 0.480 e. The van der Waals surface area contributed by atoms with Crippen molar-refractivity contribution in [3.8, 4) is 11.1 Å². The Kier molecular flexibility index (Phi) is 5.73. The fraction of sp³-hybridized carbons (Fsp3) is 0.280. The summed E-state index contributed by atoms with van der Waals surface area (Å²) in [4.78, 5) is 37.9. The predicted octanol–water partition coefficient (Wildman–Crippen LogP) is 2.44. The fourth-order valence-electron chi connectivity index (χ4n) is 4.85. The van der Waals surface area contributed by atoms with Crippen molar-refractivity contribution in [3.05, 3.63) is 71.4 Å². The van der Waals surface area contributed by atoms with E-state index in [-0.39, 0.29) is 37.0 Å². The number of ether oxygens (including phenoxy) is 1. The summed E-state index contributed by atoms with van der Waals surface area (Å²) in [5.74, 6) is -1.70. The molecule has 3 N–H and O–H groups in total. The zero-order chi connectivity index (χ0) is 24.7. The number of aliphatic hydroxyl groups is 1. The zero-order valence-electron chi connectivity index (χ0n) is 18.9. The van der Waals surface area contributed by atoms with Crippen molar-refractivity contribution in [1.29, 1.82) is 0 Å². The van der Waals surface area contributed by atoms with Gasteiger partial charge in [-0.25, -0.2) is 9.59 Å². The number of aromatic nitrogens is 2. The SMILES string of the molecule is Cn1nc(C(=O)N2CC(O)C[C@H]2C(=O)O)cc1NC(=O)OCC1c2ccccc2-c2ccccc21. The van der Waals surface area contributed by atoms with E-state index in [2.05, 4.69) is 22.5 Å². The van der Waals surface area contributed by atoms with Crippen LogP contribution in [0.4, 0.5) is 10.6 Å². The zero-order valence-corrected chi connectivity index (χ0v) is 18.9. The molecule has 10 nitrogen and oxygen atoms in total. The van der Waals surface area contributed by atoms with Gasteiger partial charge in [-0.1, -0.05) is 48.5 Å². The number of carboxylic acids is 1. The lowest BCUT2D eigenvalue weighted by Crippen LogP contribution is -2.40. The number of β-amino-alcohol motifs (C(OH)–C–C–N with tert-alkyl or cyclic N) is 1. The maximum absolute atomic E-state index is 12.8. The van der Waals surface area contributed by atoms with Gasteiger partial charge in [0.1, 0.15) is 18.5 Å². The number of rotatable bonds is 5. The molecule has 1 aliphatic carbocycles. The molecule has 2 aromatic carbocycles. The summed E-state index contributed by atoms with van der Waals surface area (Å²) < 4.78 is 6.84. The number of aliphatic carboxylic acids is 1. The van der Waals surface area contributed by atoms with E-state index in [1.165, 1.54) is 10.7 Å². The van der Waals surface area contributed by atoms with Crippen LogP contribution in [0.2, 0.25) is 0 Å². The number of nitrogens with zero attached hydrogens (tertiary/aromatic N) is 3. The topological polar surface area (TPSA) is 134 Å². The molecule has 35 heavy (non-hydrogen) atoms. The van der Waals surface area contributed by atoms with Crippen LogP contribution >= 0.6 is 0 Å². The lowest BCUT2D eigenvalue weighted by Gasteiger charge is -2.19. The molecule has 0 spiro atoms. The van der Waals surface area contributed by atoms with E-state index in [9.17, 15) is 24.6 Å². The van der Waals surface area contributed by atoms with Crippen LogP contribution in [0.5, 0.6) is 0 Å². The molecule has 2 heterocycles. The third-order valence-corrected chi connectivity index (χ3v) is 6.50. The molecule has 2 atom stereocenters. The monoisotopic (exact) mass is 476 g/mol. The van der Waals surface area contributed by atoms with Crippen molar-refractivity contribution in [2.45, 2.75) is 24.5 Å². The van der Waals surface area contributed by atoms with Crippen LogP contribution in [0.25, 0.3) is 11.1 Å². The number of carbonyl (C=O) groups is 3. The Morgan fingerprint density at radius 1 is 1.09 bits per heavy atom. The Bertz CT molecular complexity index is 1270. The third-order valence-electron chi connectivity index (χ3n) is 6.50. The predicted molar refractivity (Wildman–Crippen MR) is 125 cm³/mol. The first-order valence-electron chi connectivity index (χ1n) is 11.2. The maximum atomic E-state index is 12.8. The van der Waals surface area contributed by atoms with E-state index in [0.717, 1.165) is 27.2 Å². The first-order chi connectivity index (χ1) is 16.8. The van der Waals surface area contributed by atoms with Crippen LogP contribution in [-0.2, 0) is 16.6 Å². The van der Waals surface area contributed by atoms with Gasteiger partial charge in [0.2, 0.25) is 0 Å².